The molecule has 2 heterocycles. The molecule has 40 heavy (non-hydrogen) atoms. The molecule has 8 nitrogen and oxygen atoms in total. The number of carbonyl (C=O) groups is 1. The van der Waals surface area contributed by atoms with E-state index >= 15 is 0 Å². The Kier molecular flexibility index (Phi) is 10.1. The van der Waals surface area contributed by atoms with Crippen LogP contribution in [0.5, 0.6) is 5.75 Å². The van der Waals surface area contributed by atoms with Crippen LogP contribution in [-0.2, 0) is 4.79 Å². The average Bonchev–Trinajstić information content (AvgIpc) is 2.97. The number of rotatable bonds is 11. The second kappa shape index (κ2) is 13.9. The smallest absolute Gasteiger partial charge is 0.243 e. The molecule has 1 amide bonds. The van der Waals surface area contributed by atoms with Crippen molar-refractivity contribution in [2.45, 2.75) is 57.9 Å². The van der Waals surface area contributed by atoms with Crippen molar-refractivity contribution in [3.05, 3.63) is 71.3 Å². The molecule has 210 valence electrons. The lowest BCUT2D eigenvalue weighted by atomic mass is 9.96. The second-order valence-electron chi connectivity index (χ2n) is 10.2. The fraction of sp³-hybridized carbons (Fsp3) is 0.387. The zero-order chi connectivity index (χ0) is 28.5. The monoisotopic (exact) mass is 545 g/mol. The highest BCUT2D eigenvalue weighted by molar-refractivity contribution is 5.87. The maximum Gasteiger partial charge on any atom is 0.243 e. The van der Waals surface area contributed by atoms with E-state index in [1.54, 1.807) is 11.5 Å². The van der Waals surface area contributed by atoms with Gasteiger partial charge in [-0.2, -0.15) is 0 Å². The first-order valence-electron chi connectivity index (χ1n) is 13.8. The third-order valence-electron chi connectivity index (χ3n) is 7.20. The fourth-order valence-electron chi connectivity index (χ4n) is 4.85. The van der Waals surface area contributed by atoms with Crippen molar-refractivity contribution in [2.24, 2.45) is 5.73 Å². The van der Waals surface area contributed by atoms with E-state index in [-0.39, 0.29) is 24.1 Å². The number of pyridine rings is 1. The minimum atomic E-state index is -0.587. The number of anilines is 1. The van der Waals surface area contributed by atoms with Gasteiger partial charge in [-0.25, -0.2) is 19.7 Å². The molecule has 1 fully saturated rings. The van der Waals surface area contributed by atoms with Crippen molar-refractivity contribution in [3.63, 3.8) is 0 Å². The number of unbranched alkanes of at least 4 members (excludes halogenated alkanes) is 3. The first kappa shape index (κ1) is 29.0. The summed E-state index contributed by atoms with van der Waals surface area (Å²) in [7, 11) is 0. The Morgan fingerprint density at radius 1 is 1.12 bits per heavy atom. The molecular formula is C31H36FN5O3. The molecule has 0 radical (unpaired) electrons. The molecule has 1 aliphatic heterocycles. The number of amides is 1. The number of hydrogen-bond donors (Lipinski definition) is 3. The predicted molar refractivity (Wildman–Crippen MR) is 154 cm³/mol. The van der Waals surface area contributed by atoms with Crippen LogP contribution in [0.25, 0.3) is 27.2 Å². The van der Waals surface area contributed by atoms with Crippen molar-refractivity contribution in [1.29, 1.82) is 0 Å². The Balaban J connectivity index is 1.70. The molecule has 9 heteroatoms. The molecule has 1 aromatic heterocycles. The average molecular weight is 546 g/mol. The number of ether oxygens (including phenoxy) is 1. The van der Waals surface area contributed by atoms with Gasteiger partial charge in [-0.15, -0.1) is 0 Å². The highest BCUT2D eigenvalue weighted by Gasteiger charge is 2.23. The SMILES string of the molecule is [C-]#[N+]c1ccc(-c2nc(N3CCC(N)CC3)cc(OCCCCCCC(=O)NO)c2-c2ccc(C)cc2)cc1F. The van der Waals surface area contributed by atoms with Gasteiger partial charge >= 0.3 is 0 Å². The maximum atomic E-state index is 14.8. The highest BCUT2D eigenvalue weighted by atomic mass is 19.1. The molecule has 1 aliphatic rings. The molecule has 0 unspecified atom stereocenters. The van der Waals surface area contributed by atoms with Crippen LogP contribution in [-0.4, -0.2) is 41.8 Å². The lowest BCUT2D eigenvalue weighted by Gasteiger charge is -2.32. The van der Waals surface area contributed by atoms with Gasteiger partial charge in [0.05, 0.1) is 24.4 Å². The van der Waals surface area contributed by atoms with Crippen LogP contribution < -0.4 is 20.9 Å². The predicted octanol–water partition coefficient (Wildman–Crippen LogP) is 6.18. The van der Waals surface area contributed by atoms with Gasteiger partial charge < -0.3 is 15.4 Å². The normalized spacial score (nSPS) is 13.6. The minimum absolute atomic E-state index is 0.0326. The highest BCUT2D eigenvalue weighted by Crippen LogP contribution is 2.42. The molecule has 2 aromatic carbocycles. The van der Waals surface area contributed by atoms with E-state index in [9.17, 15) is 9.18 Å². The number of piperidine rings is 1. The first-order valence-corrected chi connectivity index (χ1v) is 13.8. The van der Waals surface area contributed by atoms with E-state index in [1.807, 2.05) is 37.3 Å². The molecule has 0 saturated carbocycles. The lowest BCUT2D eigenvalue weighted by Crippen LogP contribution is -2.40. The van der Waals surface area contributed by atoms with Gasteiger partial charge in [0.1, 0.15) is 17.4 Å². The molecule has 1 saturated heterocycles. The summed E-state index contributed by atoms with van der Waals surface area (Å²) in [5.41, 5.74) is 11.7. The lowest BCUT2D eigenvalue weighted by molar-refractivity contribution is -0.129. The first-order chi connectivity index (χ1) is 19.4. The quantitative estimate of drug-likeness (QED) is 0.115. The number of nitrogens with one attached hydrogen (secondary N) is 1. The number of nitrogens with two attached hydrogens (primary N) is 1. The van der Waals surface area contributed by atoms with Crippen molar-refractivity contribution in [1.82, 2.24) is 10.5 Å². The molecule has 0 aliphatic carbocycles. The van der Waals surface area contributed by atoms with Crippen LogP contribution in [0.1, 0.15) is 50.5 Å². The van der Waals surface area contributed by atoms with Crippen molar-refractivity contribution in [3.8, 4) is 28.1 Å². The Morgan fingerprint density at radius 2 is 1.82 bits per heavy atom. The van der Waals surface area contributed by atoms with Crippen LogP contribution in [0.2, 0.25) is 0 Å². The molecule has 0 spiro atoms. The van der Waals surface area contributed by atoms with E-state index < -0.39 is 5.82 Å². The zero-order valence-electron chi connectivity index (χ0n) is 22.8. The molecule has 3 aromatic rings. The van der Waals surface area contributed by atoms with Crippen molar-refractivity contribution < 1.29 is 19.1 Å². The minimum Gasteiger partial charge on any atom is -0.493 e. The number of hydroxylamine groups is 1. The van der Waals surface area contributed by atoms with Crippen molar-refractivity contribution in [2.75, 3.05) is 24.6 Å². The number of hydrogen-bond acceptors (Lipinski definition) is 6. The summed E-state index contributed by atoms with van der Waals surface area (Å²) < 4.78 is 21.2. The van der Waals surface area contributed by atoms with Gasteiger partial charge in [0.2, 0.25) is 11.6 Å². The van der Waals surface area contributed by atoms with Crippen LogP contribution in [0.15, 0.2) is 48.5 Å². The van der Waals surface area contributed by atoms with Gasteiger partial charge in [-0.3, -0.25) is 10.0 Å². The van der Waals surface area contributed by atoms with E-state index in [1.165, 1.54) is 12.1 Å². The number of halogens is 1. The van der Waals surface area contributed by atoms with Gasteiger partial charge in [0.15, 0.2) is 0 Å². The van der Waals surface area contributed by atoms with Crippen LogP contribution in [0.4, 0.5) is 15.9 Å². The number of nitrogens with zero attached hydrogens (tertiary/aromatic N) is 3. The van der Waals surface area contributed by atoms with Crippen LogP contribution in [0.3, 0.4) is 0 Å². The molecular weight excluding hydrogens is 509 g/mol. The number of aryl methyl sites for hydroxylation is 1. The summed E-state index contributed by atoms with van der Waals surface area (Å²) in [6, 6.07) is 14.8. The van der Waals surface area contributed by atoms with E-state index in [4.69, 9.17) is 27.2 Å². The molecule has 0 bridgehead atoms. The molecule has 0 atom stereocenters. The van der Waals surface area contributed by atoms with E-state index in [0.717, 1.165) is 67.7 Å². The Bertz CT molecular complexity index is 1350. The van der Waals surface area contributed by atoms with Crippen molar-refractivity contribution >= 4 is 17.4 Å². The zero-order valence-corrected chi connectivity index (χ0v) is 22.8. The summed E-state index contributed by atoms with van der Waals surface area (Å²) >= 11 is 0. The summed E-state index contributed by atoms with van der Waals surface area (Å²) in [6.45, 7) is 11.3. The second-order valence-corrected chi connectivity index (χ2v) is 10.2. The third-order valence-corrected chi connectivity index (χ3v) is 7.20. The van der Waals surface area contributed by atoms with Gasteiger partial charge in [-0.1, -0.05) is 54.8 Å². The van der Waals surface area contributed by atoms with E-state index in [2.05, 4.69) is 9.74 Å². The maximum absolute atomic E-state index is 14.8. The fourth-order valence-corrected chi connectivity index (χ4v) is 4.85. The molecule has 4 N–H and O–H groups in total. The molecule has 4 rings (SSSR count). The number of benzene rings is 2. The number of carbonyl (C=O) groups excluding carboxylic acids is 1. The van der Waals surface area contributed by atoms with Gasteiger partial charge in [-0.05, 0) is 44.2 Å². The van der Waals surface area contributed by atoms with Gasteiger partial charge in [0, 0.05) is 37.2 Å². The standard InChI is InChI=1S/C31H36FN5O3/c1-21-8-10-22(11-9-21)30-27(40-18-6-4-3-5-7-29(38)36-39)20-28(37-16-14-24(33)15-17-37)35-31(30)23-12-13-26(34-2)25(32)19-23/h8-13,19-20,24,39H,3-7,14-18,33H2,1H3,(H,36,38). The summed E-state index contributed by atoms with van der Waals surface area (Å²) in [6.07, 6.45) is 5.19. The Hall–Kier alpha value is -4.00. The third kappa shape index (κ3) is 7.34. The summed E-state index contributed by atoms with van der Waals surface area (Å²) in [5.74, 6) is 0.441. The Labute approximate surface area is 234 Å². The van der Waals surface area contributed by atoms with E-state index in [0.29, 0.717) is 30.0 Å². The van der Waals surface area contributed by atoms with Gasteiger partial charge in [0.25, 0.3) is 0 Å². The summed E-state index contributed by atoms with van der Waals surface area (Å²) in [5, 5.41) is 8.64. The topological polar surface area (TPSA) is 105 Å². The summed E-state index contributed by atoms with van der Waals surface area (Å²) in [4.78, 5) is 21.7. The Morgan fingerprint density at radius 3 is 2.50 bits per heavy atom. The largest absolute Gasteiger partial charge is 0.493 e. The number of aromatic nitrogens is 1. The van der Waals surface area contributed by atoms with Crippen LogP contribution in [0, 0.1) is 19.3 Å². The van der Waals surface area contributed by atoms with Crippen LogP contribution >= 0.6 is 0 Å².